The Labute approximate surface area is 152 Å². The van der Waals surface area contributed by atoms with Gasteiger partial charge in [-0.05, 0) is 45.7 Å². The van der Waals surface area contributed by atoms with Crippen LogP contribution in [-0.2, 0) is 9.53 Å². The molecule has 1 heterocycles. The van der Waals surface area contributed by atoms with Crippen LogP contribution in [0.5, 0.6) is 0 Å². The van der Waals surface area contributed by atoms with Crippen molar-refractivity contribution in [2.75, 3.05) is 18.8 Å². The fourth-order valence-electron chi connectivity index (χ4n) is 2.54. The first-order valence-electron chi connectivity index (χ1n) is 8.39. The lowest BCUT2D eigenvalue weighted by molar-refractivity contribution is -0.129. The van der Waals surface area contributed by atoms with Crippen LogP contribution in [0.1, 0.15) is 33.6 Å². The van der Waals surface area contributed by atoms with Gasteiger partial charge in [0.1, 0.15) is 11.4 Å². The first-order valence-corrected chi connectivity index (χ1v) is 9.38. The zero-order valence-electron chi connectivity index (χ0n) is 14.9. The molecule has 1 fully saturated rings. The van der Waals surface area contributed by atoms with Gasteiger partial charge in [0.25, 0.3) is 0 Å². The van der Waals surface area contributed by atoms with Gasteiger partial charge in [-0.25, -0.2) is 9.18 Å². The fraction of sp³-hybridized carbons (Fsp3) is 0.556. The number of nitrogens with one attached hydrogen (secondary N) is 1. The van der Waals surface area contributed by atoms with Crippen molar-refractivity contribution >= 4 is 23.8 Å². The first kappa shape index (κ1) is 19.6. The predicted octanol–water partition coefficient (Wildman–Crippen LogP) is 3.43. The molecule has 25 heavy (non-hydrogen) atoms. The van der Waals surface area contributed by atoms with Gasteiger partial charge in [-0.2, -0.15) is 0 Å². The number of ether oxygens (including phenoxy) is 1. The number of benzene rings is 1. The second-order valence-corrected chi connectivity index (χ2v) is 8.04. The van der Waals surface area contributed by atoms with Gasteiger partial charge in [-0.1, -0.05) is 12.1 Å². The van der Waals surface area contributed by atoms with E-state index in [9.17, 15) is 14.0 Å². The topological polar surface area (TPSA) is 58.6 Å². The molecule has 0 saturated carbocycles. The lowest BCUT2D eigenvalue weighted by Crippen LogP contribution is -2.48. The molecule has 1 saturated heterocycles. The highest BCUT2D eigenvalue weighted by atomic mass is 32.2. The van der Waals surface area contributed by atoms with Gasteiger partial charge in [0.05, 0.1) is 5.75 Å². The lowest BCUT2D eigenvalue weighted by Gasteiger charge is -2.32. The second-order valence-electron chi connectivity index (χ2n) is 7.02. The summed E-state index contributed by atoms with van der Waals surface area (Å²) in [7, 11) is 0. The maximum absolute atomic E-state index is 13.6. The highest BCUT2D eigenvalue weighted by Gasteiger charge is 2.25. The number of carbonyl (C=O) groups is 2. The van der Waals surface area contributed by atoms with Crippen LogP contribution in [0.3, 0.4) is 0 Å². The standard InChI is InChI=1S/C18H25FN2O3S/c1-18(2,3)24-17(23)20-13-8-10-21(11-9-13)16(22)12-25-15-7-5-4-6-14(15)19/h4-7,13H,8-12H2,1-3H3,(H,20,23). The highest BCUT2D eigenvalue weighted by Crippen LogP contribution is 2.22. The summed E-state index contributed by atoms with van der Waals surface area (Å²) >= 11 is 1.21. The first-order chi connectivity index (χ1) is 11.7. The molecular formula is C18H25FN2O3S. The summed E-state index contributed by atoms with van der Waals surface area (Å²) in [6.07, 6.45) is 0.956. The summed E-state index contributed by atoms with van der Waals surface area (Å²) < 4.78 is 18.8. The molecule has 7 heteroatoms. The molecule has 1 aromatic carbocycles. The van der Waals surface area contributed by atoms with Crippen LogP contribution in [0, 0.1) is 5.82 Å². The summed E-state index contributed by atoms with van der Waals surface area (Å²) in [5.41, 5.74) is -0.523. The Kier molecular flexibility index (Phi) is 6.70. The van der Waals surface area contributed by atoms with Gasteiger partial charge in [-0.3, -0.25) is 4.79 Å². The number of nitrogens with zero attached hydrogens (tertiary/aromatic N) is 1. The smallest absolute Gasteiger partial charge is 0.407 e. The lowest BCUT2D eigenvalue weighted by atomic mass is 10.1. The summed E-state index contributed by atoms with van der Waals surface area (Å²) in [6, 6.07) is 6.45. The quantitative estimate of drug-likeness (QED) is 0.827. The van der Waals surface area contributed by atoms with E-state index in [4.69, 9.17) is 4.74 Å². The largest absolute Gasteiger partial charge is 0.444 e. The Morgan fingerprint density at radius 1 is 1.28 bits per heavy atom. The number of piperidine rings is 1. The van der Waals surface area contributed by atoms with Crippen molar-refractivity contribution < 1.29 is 18.7 Å². The van der Waals surface area contributed by atoms with E-state index in [1.807, 2.05) is 20.8 Å². The van der Waals surface area contributed by atoms with Crippen molar-refractivity contribution in [3.8, 4) is 0 Å². The third kappa shape index (κ3) is 6.57. The van der Waals surface area contributed by atoms with E-state index in [1.54, 1.807) is 23.1 Å². The summed E-state index contributed by atoms with van der Waals surface area (Å²) in [5.74, 6) is -0.102. The van der Waals surface area contributed by atoms with E-state index in [1.165, 1.54) is 17.8 Å². The molecule has 1 aromatic rings. The second kappa shape index (κ2) is 8.56. The monoisotopic (exact) mass is 368 g/mol. The van der Waals surface area contributed by atoms with Crippen molar-refractivity contribution in [3.05, 3.63) is 30.1 Å². The minimum atomic E-state index is -0.523. The average Bonchev–Trinajstić information content (AvgIpc) is 2.52. The molecule has 2 rings (SSSR count). The Balaban J connectivity index is 1.73. The van der Waals surface area contributed by atoms with E-state index in [0.717, 1.165) is 0 Å². The van der Waals surface area contributed by atoms with Crippen LogP contribution in [-0.4, -0.2) is 47.4 Å². The highest BCUT2D eigenvalue weighted by molar-refractivity contribution is 8.00. The average molecular weight is 368 g/mol. The Bertz CT molecular complexity index is 611. The van der Waals surface area contributed by atoms with Crippen LogP contribution in [0.2, 0.25) is 0 Å². The van der Waals surface area contributed by atoms with Gasteiger partial charge < -0.3 is 15.0 Å². The van der Waals surface area contributed by atoms with Crippen LogP contribution >= 0.6 is 11.8 Å². The Morgan fingerprint density at radius 3 is 2.52 bits per heavy atom. The minimum Gasteiger partial charge on any atom is -0.444 e. The van der Waals surface area contributed by atoms with Gasteiger partial charge in [-0.15, -0.1) is 11.8 Å². The van der Waals surface area contributed by atoms with Crippen molar-refractivity contribution in [3.63, 3.8) is 0 Å². The van der Waals surface area contributed by atoms with Gasteiger partial charge >= 0.3 is 6.09 Å². The molecule has 2 amide bonds. The predicted molar refractivity (Wildman–Crippen MR) is 96.1 cm³/mol. The summed E-state index contributed by atoms with van der Waals surface area (Å²) in [6.45, 7) is 6.62. The van der Waals surface area contributed by atoms with Crippen LogP contribution < -0.4 is 5.32 Å². The van der Waals surface area contributed by atoms with Gasteiger partial charge in [0, 0.05) is 24.0 Å². The van der Waals surface area contributed by atoms with E-state index < -0.39 is 11.7 Å². The Hall–Kier alpha value is -1.76. The molecule has 1 aliphatic heterocycles. The van der Waals surface area contributed by atoms with E-state index in [0.29, 0.717) is 30.8 Å². The molecule has 0 spiro atoms. The van der Waals surface area contributed by atoms with Crippen LogP contribution in [0.15, 0.2) is 29.2 Å². The molecule has 0 aliphatic carbocycles. The number of hydrogen-bond acceptors (Lipinski definition) is 4. The number of carbonyl (C=O) groups excluding carboxylic acids is 2. The molecule has 0 bridgehead atoms. The molecule has 5 nitrogen and oxygen atoms in total. The summed E-state index contributed by atoms with van der Waals surface area (Å²) in [5, 5.41) is 2.85. The SMILES string of the molecule is CC(C)(C)OC(=O)NC1CCN(C(=O)CSc2ccccc2F)CC1. The molecule has 0 aromatic heterocycles. The van der Waals surface area contributed by atoms with Gasteiger partial charge in [0.15, 0.2) is 0 Å². The number of hydrogen-bond donors (Lipinski definition) is 1. The maximum atomic E-state index is 13.6. The third-order valence-corrected chi connectivity index (χ3v) is 4.79. The fourth-order valence-corrected chi connectivity index (χ4v) is 3.38. The molecule has 0 unspecified atom stereocenters. The number of likely N-dealkylation sites (tertiary alicyclic amines) is 1. The van der Waals surface area contributed by atoms with Crippen LogP contribution in [0.4, 0.5) is 9.18 Å². The van der Waals surface area contributed by atoms with Gasteiger partial charge in [0.2, 0.25) is 5.91 Å². The number of alkyl carbamates (subject to hydrolysis) is 1. The Morgan fingerprint density at radius 2 is 1.92 bits per heavy atom. The van der Waals surface area contributed by atoms with Crippen molar-refractivity contribution in [1.82, 2.24) is 10.2 Å². The maximum Gasteiger partial charge on any atom is 0.407 e. The number of rotatable bonds is 4. The molecular weight excluding hydrogens is 343 g/mol. The molecule has 1 aliphatic rings. The normalized spacial score (nSPS) is 15.8. The zero-order valence-corrected chi connectivity index (χ0v) is 15.7. The van der Waals surface area contributed by atoms with E-state index >= 15 is 0 Å². The zero-order chi connectivity index (χ0) is 18.4. The van der Waals surface area contributed by atoms with Crippen LogP contribution in [0.25, 0.3) is 0 Å². The minimum absolute atomic E-state index is 0.0102. The summed E-state index contributed by atoms with van der Waals surface area (Å²) in [4.78, 5) is 26.3. The molecule has 0 radical (unpaired) electrons. The number of halogens is 1. The number of thioether (sulfide) groups is 1. The third-order valence-electron chi connectivity index (χ3n) is 3.76. The van der Waals surface area contributed by atoms with Crippen molar-refractivity contribution in [2.45, 2.75) is 50.2 Å². The molecule has 0 atom stereocenters. The molecule has 138 valence electrons. The van der Waals surface area contributed by atoms with E-state index in [-0.39, 0.29) is 23.5 Å². The molecule has 1 N–H and O–H groups in total. The number of amides is 2. The van der Waals surface area contributed by atoms with E-state index in [2.05, 4.69) is 5.32 Å². The van der Waals surface area contributed by atoms with Crippen molar-refractivity contribution in [1.29, 1.82) is 0 Å². The van der Waals surface area contributed by atoms with Crippen molar-refractivity contribution in [2.24, 2.45) is 0 Å².